The van der Waals surface area contributed by atoms with Crippen molar-refractivity contribution >= 4 is 23.2 Å². The molecule has 3 atom stereocenters. The summed E-state index contributed by atoms with van der Waals surface area (Å²) in [4.78, 5) is 0. The molecule has 0 saturated heterocycles. The molecule has 0 heterocycles. The normalized spacial score (nSPS) is 25.6. The van der Waals surface area contributed by atoms with Gasteiger partial charge in [0.1, 0.15) is 0 Å². The van der Waals surface area contributed by atoms with Crippen molar-refractivity contribution in [3.05, 3.63) is 33.8 Å². The van der Waals surface area contributed by atoms with Crippen molar-refractivity contribution in [3.8, 4) is 12.3 Å². The van der Waals surface area contributed by atoms with Crippen molar-refractivity contribution in [2.45, 2.75) is 38.2 Å². The molecule has 0 bridgehead atoms. The zero-order valence-electron chi connectivity index (χ0n) is 11.7. The second-order valence-electron chi connectivity index (χ2n) is 5.51. The molecule has 3 heteroatoms. The number of terminal acetylenes is 1. The van der Waals surface area contributed by atoms with Crippen LogP contribution in [-0.2, 0) is 11.2 Å². The third-order valence-corrected chi connectivity index (χ3v) is 4.78. The third kappa shape index (κ3) is 3.92. The van der Waals surface area contributed by atoms with E-state index in [0.717, 1.165) is 30.7 Å². The van der Waals surface area contributed by atoms with Gasteiger partial charge in [-0.05, 0) is 55.7 Å². The molecule has 1 fully saturated rings. The van der Waals surface area contributed by atoms with Crippen LogP contribution in [0.5, 0.6) is 0 Å². The van der Waals surface area contributed by atoms with Gasteiger partial charge in [0.05, 0.1) is 6.10 Å². The van der Waals surface area contributed by atoms with Gasteiger partial charge in [0, 0.05) is 23.1 Å². The van der Waals surface area contributed by atoms with Gasteiger partial charge in [-0.2, -0.15) is 0 Å². The van der Waals surface area contributed by atoms with Crippen molar-refractivity contribution in [1.82, 2.24) is 0 Å². The Labute approximate surface area is 131 Å². The molecule has 2 rings (SSSR count). The Balaban J connectivity index is 1.81. The van der Waals surface area contributed by atoms with E-state index in [1.54, 1.807) is 7.11 Å². The average Bonchev–Trinajstić information content (AvgIpc) is 2.83. The highest BCUT2D eigenvalue weighted by atomic mass is 35.5. The minimum atomic E-state index is 0.240. The molecule has 1 aliphatic rings. The monoisotopic (exact) mass is 310 g/mol. The molecule has 0 spiro atoms. The summed E-state index contributed by atoms with van der Waals surface area (Å²) in [7, 11) is 1.75. The van der Waals surface area contributed by atoms with E-state index >= 15 is 0 Å². The Bertz CT molecular complexity index is 492. The highest BCUT2D eigenvalue weighted by Crippen LogP contribution is 2.36. The smallest absolute Gasteiger partial charge is 0.0711 e. The minimum absolute atomic E-state index is 0.240. The molecule has 3 unspecified atom stereocenters. The van der Waals surface area contributed by atoms with Gasteiger partial charge < -0.3 is 4.74 Å². The van der Waals surface area contributed by atoms with Gasteiger partial charge in [0.25, 0.3) is 0 Å². The largest absolute Gasteiger partial charge is 0.380 e. The number of methoxy groups -OCH3 is 1. The minimum Gasteiger partial charge on any atom is -0.380 e. The fraction of sp³-hybridized carbons (Fsp3) is 0.529. The van der Waals surface area contributed by atoms with Crippen LogP contribution in [-0.4, -0.2) is 13.2 Å². The van der Waals surface area contributed by atoms with E-state index < -0.39 is 0 Å². The summed E-state index contributed by atoms with van der Waals surface area (Å²) in [5.74, 6) is 3.81. The van der Waals surface area contributed by atoms with Gasteiger partial charge in [-0.1, -0.05) is 29.3 Å². The van der Waals surface area contributed by atoms with Crippen LogP contribution in [0.4, 0.5) is 0 Å². The van der Waals surface area contributed by atoms with Gasteiger partial charge in [0.15, 0.2) is 0 Å². The summed E-state index contributed by atoms with van der Waals surface area (Å²) in [6.45, 7) is 0. The maximum Gasteiger partial charge on any atom is 0.0711 e. The van der Waals surface area contributed by atoms with Crippen molar-refractivity contribution in [1.29, 1.82) is 0 Å². The Morgan fingerprint density at radius 3 is 2.75 bits per heavy atom. The second kappa shape index (κ2) is 7.36. The van der Waals surface area contributed by atoms with Gasteiger partial charge in [-0.15, -0.1) is 12.3 Å². The first-order chi connectivity index (χ1) is 9.63. The maximum absolute atomic E-state index is 6.19. The first-order valence-corrected chi connectivity index (χ1v) is 7.82. The molecule has 1 aromatic carbocycles. The molecule has 0 N–H and O–H groups in total. The molecule has 0 radical (unpaired) electrons. The van der Waals surface area contributed by atoms with E-state index in [2.05, 4.69) is 5.92 Å². The summed E-state index contributed by atoms with van der Waals surface area (Å²) in [6.07, 6.45) is 11.3. The summed E-state index contributed by atoms with van der Waals surface area (Å²) >= 11 is 12.1. The molecular weight excluding hydrogens is 291 g/mol. The van der Waals surface area contributed by atoms with Crippen LogP contribution in [0.3, 0.4) is 0 Å². The van der Waals surface area contributed by atoms with E-state index in [1.165, 1.54) is 12.0 Å². The molecule has 1 aliphatic carbocycles. The predicted octanol–water partition coefficient (Wildman–Crippen LogP) is 4.99. The number of benzene rings is 1. The molecule has 0 aromatic heterocycles. The van der Waals surface area contributed by atoms with Crippen LogP contribution in [0.15, 0.2) is 18.2 Å². The summed E-state index contributed by atoms with van der Waals surface area (Å²) < 4.78 is 5.46. The standard InChI is InChI=1S/C17H20Cl2O/c1-3-13-9-12(10-17(13)20-2)5-4-6-14-7-8-15(18)11-16(14)19/h1,7-8,11-13,17H,4-6,9-10H2,2H3. The van der Waals surface area contributed by atoms with Crippen LogP contribution >= 0.6 is 23.2 Å². The lowest BCUT2D eigenvalue weighted by atomic mass is 9.97. The van der Waals surface area contributed by atoms with Crippen LogP contribution in [0.1, 0.15) is 31.2 Å². The van der Waals surface area contributed by atoms with Gasteiger partial charge >= 0.3 is 0 Å². The molecule has 0 amide bonds. The highest BCUT2D eigenvalue weighted by Gasteiger charge is 2.32. The van der Waals surface area contributed by atoms with E-state index in [-0.39, 0.29) is 12.0 Å². The summed E-state index contributed by atoms with van der Waals surface area (Å²) in [5.41, 5.74) is 1.17. The zero-order valence-corrected chi connectivity index (χ0v) is 13.3. The number of rotatable bonds is 5. The molecule has 0 aliphatic heterocycles. The number of halogens is 2. The topological polar surface area (TPSA) is 9.23 Å². The van der Waals surface area contributed by atoms with Crippen LogP contribution in [0, 0.1) is 24.2 Å². The van der Waals surface area contributed by atoms with Gasteiger partial charge in [-0.3, -0.25) is 0 Å². The Morgan fingerprint density at radius 2 is 2.15 bits per heavy atom. The fourth-order valence-electron chi connectivity index (χ4n) is 3.08. The van der Waals surface area contributed by atoms with Crippen LogP contribution in [0.2, 0.25) is 10.0 Å². The first-order valence-electron chi connectivity index (χ1n) is 7.07. The Hall–Kier alpha value is -0.680. The lowest BCUT2D eigenvalue weighted by molar-refractivity contribution is 0.0862. The van der Waals surface area contributed by atoms with E-state index in [0.29, 0.717) is 10.9 Å². The summed E-state index contributed by atoms with van der Waals surface area (Å²) in [5, 5.41) is 1.45. The molecule has 20 heavy (non-hydrogen) atoms. The average molecular weight is 311 g/mol. The zero-order chi connectivity index (χ0) is 14.5. The SMILES string of the molecule is C#CC1CC(CCCc2ccc(Cl)cc2Cl)CC1OC. The van der Waals surface area contributed by atoms with Crippen molar-refractivity contribution in [2.75, 3.05) is 7.11 Å². The Morgan fingerprint density at radius 1 is 1.35 bits per heavy atom. The van der Waals surface area contributed by atoms with Gasteiger partial charge in [-0.25, -0.2) is 0 Å². The van der Waals surface area contributed by atoms with Gasteiger partial charge in [0.2, 0.25) is 0 Å². The lowest BCUT2D eigenvalue weighted by Gasteiger charge is -2.11. The van der Waals surface area contributed by atoms with Crippen molar-refractivity contribution in [3.63, 3.8) is 0 Å². The summed E-state index contributed by atoms with van der Waals surface area (Å²) in [6, 6.07) is 5.72. The molecule has 1 saturated carbocycles. The molecule has 1 nitrogen and oxygen atoms in total. The molecule has 108 valence electrons. The fourth-order valence-corrected chi connectivity index (χ4v) is 3.58. The Kier molecular flexibility index (Phi) is 5.78. The van der Waals surface area contributed by atoms with E-state index in [1.807, 2.05) is 18.2 Å². The lowest BCUT2D eigenvalue weighted by Crippen LogP contribution is -2.14. The van der Waals surface area contributed by atoms with Crippen LogP contribution < -0.4 is 0 Å². The highest BCUT2D eigenvalue weighted by molar-refractivity contribution is 6.35. The number of hydrogen-bond acceptors (Lipinski definition) is 1. The maximum atomic E-state index is 6.19. The van der Waals surface area contributed by atoms with E-state index in [9.17, 15) is 0 Å². The molecular formula is C17H20Cl2O. The first kappa shape index (κ1) is 15.7. The second-order valence-corrected chi connectivity index (χ2v) is 6.36. The quantitative estimate of drug-likeness (QED) is 0.696. The van der Waals surface area contributed by atoms with Crippen molar-refractivity contribution in [2.24, 2.45) is 11.8 Å². The van der Waals surface area contributed by atoms with E-state index in [4.69, 9.17) is 34.4 Å². The third-order valence-electron chi connectivity index (χ3n) is 4.19. The predicted molar refractivity (Wildman–Crippen MR) is 85.2 cm³/mol. The number of aryl methyl sites for hydroxylation is 1. The molecule has 1 aromatic rings. The number of ether oxygens (including phenoxy) is 1. The van der Waals surface area contributed by atoms with Crippen LogP contribution in [0.25, 0.3) is 0 Å². The van der Waals surface area contributed by atoms with Crippen molar-refractivity contribution < 1.29 is 4.74 Å². The number of hydrogen-bond donors (Lipinski definition) is 0.